The summed E-state index contributed by atoms with van der Waals surface area (Å²) in [5.74, 6) is 1.64. The number of piperidine rings is 1. The fourth-order valence-electron chi connectivity index (χ4n) is 4.42. The van der Waals surface area contributed by atoms with Crippen molar-refractivity contribution in [3.63, 3.8) is 0 Å². The van der Waals surface area contributed by atoms with Gasteiger partial charge < -0.3 is 9.64 Å². The maximum atomic E-state index is 13.0. The van der Waals surface area contributed by atoms with Crippen molar-refractivity contribution >= 4 is 15.9 Å². The topological polar surface area (TPSA) is 66.9 Å². The first kappa shape index (κ1) is 21.8. The second-order valence-corrected chi connectivity index (χ2v) is 10.6. The average Bonchev–Trinajstić information content (AvgIpc) is 3.29. The molecule has 2 fully saturated rings. The highest BCUT2D eigenvalue weighted by Gasteiger charge is 2.30. The maximum absolute atomic E-state index is 13.0. The molecule has 1 atom stereocenters. The van der Waals surface area contributed by atoms with Crippen LogP contribution in [0.2, 0.25) is 0 Å². The molecule has 6 nitrogen and oxygen atoms in total. The second kappa shape index (κ2) is 9.01. The largest absolute Gasteiger partial charge is 0.497 e. The molecular formula is C24H30N2O4S. The molecule has 2 aromatic rings. The Balaban J connectivity index is 1.41. The van der Waals surface area contributed by atoms with Crippen LogP contribution < -0.4 is 4.74 Å². The van der Waals surface area contributed by atoms with Gasteiger partial charge >= 0.3 is 0 Å². The van der Waals surface area contributed by atoms with Gasteiger partial charge in [0, 0.05) is 37.7 Å². The molecule has 0 bridgehead atoms. The minimum absolute atomic E-state index is 0.0493. The van der Waals surface area contributed by atoms with E-state index in [0.717, 1.165) is 25.0 Å². The lowest BCUT2D eigenvalue weighted by Crippen LogP contribution is -2.37. The molecule has 4 rings (SSSR count). The number of carbonyl (C=O) groups is 1. The quantitative estimate of drug-likeness (QED) is 0.707. The van der Waals surface area contributed by atoms with Gasteiger partial charge in [0.05, 0.1) is 12.0 Å². The molecule has 0 saturated carbocycles. The molecule has 31 heavy (non-hydrogen) atoms. The van der Waals surface area contributed by atoms with Crippen LogP contribution in [0.25, 0.3) is 0 Å². The number of hydrogen-bond donors (Lipinski definition) is 0. The second-order valence-electron chi connectivity index (χ2n) is 8.62. The van der Waals surface area contributed by atoms with Crippen LogP contribution in [-0.4, -0.2) is 56.8 Å². The molecular weight excluding hydrogens is 412 g/mol. The Bertz CT molecular complexity index is 1010. The summed E-state index contributed by atoms with van der Waals surface area (Å²) in [6.45, 7) is 4.63. The van der Waals surface area contributed by atoms with Gasteiger partial charge in [0.2, 0.25) is 10.0 Å². The maximum Gasteiger partial charge on any atom is 0.253 e. The first-order chi connectivity index (χ1) is 14.9. The number of sulfonamides is 1. The van der Waals surface area contributed by atoms with E-state index in [-0.39, 0.29) is 10.8 Å². The number of ether oxygens (including phenoxy) is 1. The number of amides is 1. The van der Waals surface area contributed by atoms with E-state index in [1.807, 2.05) is 17.0 Å². The van der Waals surface area contributed by atoms with E-state index in [2.05, 4.69) is 19.1 Å². The average molecular weight is 443 g/mol. The Kier molecular flexibility index (Phi) is 6.34. The monoisotopic (exact) mass is 442 g/mol. The van der Waals surface area contributed by atoms with E-state index in [4.69, 9.17) is 4.74 Å². The van der Waals surface area contributed by atoms with Crippen LogP contribution in [0.5, 0.6) is 5.75 Å². The van der Waals surface area contributed by atoms with E-state index in [1.165, 1.54) is 5.56 Å². The Morgan fingerprint density at radius 1 is 0.935 bits per heavy atom. The van der Waals surface area contributed by atoms with Crippen LogP contribution in [0.15, 0.2) is 53.4 Å². The minimum atomic E-state index is -3.50. The summed E-state index contributed by atoms with van der Waals surface area (Å²) in [6.07, 6.45) is 2.69. The molecule has 0 aliphatic carbocycles. The molecule has 1 unspecified atom stereocenters. The lowest BCUT2D eigenvalue weighted by atomic mass is 9.98. The predicted octanol–water partition coefficient (Wildman–Crippen LogP) is 3.75. The molecule has 166 valence electrons. The first-order valence-electron chi connectivity index (χ1n) is 10.9. The van der Waals surface area contributed by atoms with Crippen molar-refractivity contribution in [3.8, 4) is 5.75 Å². The van der Waals surface area contributed by atoms with Crippen molar-refractivity contribution in [1.29, 1.82) is 0 Å². The third kappa shape index (κ3) is 4.62. The molecule has 0 spiro atoms. The third-order valence-electron chi connectivity index (χ3n) is 6.54. The SMILES string of the molecule is COc1ccc(C2CCN(C(=O)c3ccc(S(=O)(=O)N4CCC(C)CC4)cc3)C2)cc1. The Morgan fingerprint density at radius 2 is 1.58 bits per heavy atom. The zero-order valence-electron chi connectivity index (χ0n) is 18.2. The number of benzene rings is 2. The van der Waals surface area contributed by atoms with E-state index in [1.54, 1.807) is 35.7 Å². The molecule has 7 heteroatoms. The van der Waals surface area contributed by atoms with Crippen LogP contribution in [0.4, 0.5) is 0 Å². The van der Waals surface area contributed by atoms with Crippen molar-refractivity contribution in [3.05, 3.63) is 59.7 Å². The van der Waals surface area contributed by atoms with Gasteiger partial charge in [0.1, 0.15) is 5.75 Å². The zero-order chi connectivity index (χ0) is 22.0. The lowest BCUT2D eigenvalue weighted by molar-refractivity contribution is 0.0790. The Hall–Kier alpha value is -2.38. The van der Waals surface area contributed by atoms with Crippen LogP contribution >= 0.6 is 0 Å². The van der Waals surface area contributed by atoms with Gasteiger partial charge in [0.25, 0.3) is 5.91 Å². The van der Waals surface area contributed by atoms with Gasteiger partial charge in [-0.1, -0.05) is 19.1 Å². The van der Waals surface area contributed by atoms with Crippen LogP contribution in [0.1, 0.15) is 48.0 Å². The van der Waals surface area contributed by atoms with Gasteiger partial charge in [-0.2, -0.15) is 4.31 Å². The van der Waals surface area contributed by atoms with E-state index < -0.39 is 10.0 Å². The minimum Gasteiger partial charge on any atom is -0.497 e. The summed E-state index contributed by atoms with van der Waals surface area (Å²) in [4.78, 5) is 15.1. The molecule has 2 aliphatic rings. The zero-order valence-corrected chi connectivity index (χ0v) is 19.0. The molecule has 0 aromatic heterocycles. The standard InChI is InChI=1S/C24H30N2O4S/c1-18-11-15-26(16-12-18)31(28,29)23-9-5-20(6-10-23)24(27)25-14-13-21(17-25)19-3-7-22(30-2)8-4-19/h3-10,18,21H,11-17H2,1-2H3. The van der Waals surface area contributed by atoms with Crippen LogP contribution in [-0.2, 0) is 10.0 Å². The number of nitrogens with zero attached hydrogens (tertiary/aromatic N) is 2. The third-order valence-corrected chi connectivity index (χ3v) is 8.46. The fourth-order valence-corrected chi connectivity index (χ4v) is 5.89. The Labute approximate surface area is 184 Å². The van der Waals surface area contributed by atoms with Crippen LogP contribution in [0, 0.1) is 5.92 Å². The van der Waals surface area contributed by atoms with Crippen molar-refractivity contribution in [2.45, 2.75) is 37.0 Å². The smallest absolute Gasteiger partial charge is 0.253 e. The number of likely N-dealkylation sites (tertiary alicyclic amines) is 1. The van der Waals surface area contributed by atoms with Crippen molar-refractivity contribution < 1.29 is 17.9 Å². The molecule has 0 N–H and O–H groups in total. The van der Waals surface area contributed by atoms with Crippen molar-refractivity contribution in [2.75, 3.05) is 33.3 Å². The fraction of sp³-hybridized carbons (Fsp3) is 0.458. The summed E-state index contributed by atoms with van der Waals surface area (Å²) in [5, 5.41) is 0. The lowest BCUT2D eigenvalue weighted by Gasteiger charge is -2.29. The van der Waals surface area contributed by atoms with Crippen LogP contribution in [0.3, 0.4) is 0 Å². The number of carbonyl (C=O) groups excluding carboxylic acids is 1. The molecule has 2 heterocycles. The highest BCUT2D eigenvalue weighted by molar-refractivity contribution is 7.89. The van der Waals surface area contributed by atoms with Gasteiger partial charge in [-0.15, -0.1) is 0 Å². The van der Waals surface area contributed by atoms with Crippen molar-refractivity contribution in [2.24, 2.45) is 5.92 Å². The summed E-state index contributed by atoms with van der Waals surface area (Å²) >= 11 is 0. The number of methoxy groups -OCH3 is 1. The summed E-state index contributed by atoms with van der Waals surface area (Å²) < 4.78 is 32.6. The van der Waals surface area contributed by atoms with E-state index in [9.17, 15) is 13.2 Å². The molecule has 2 aromatic carbocycles. The summed E-state index contributed by atoms with van der Waals surface area (Å²) in [5.41, 5.74) is 1.73. The van der Waals surface area contributed by atoms with Crippen molar-refractivity contribution in [1.82, 2.24) is 9.21 Å². The number of rotatable bonds is 5. The normalized spacial score (nSPS) is 20.7. The molecule has 1 amide bonds. The molecule has 0 radical (unpaired) electrons. The first-order valence-corrected chi connectivity index (χ1v) is 12.4. The summed E-state index contributed by atoms with van der Waals surface area (Å²) in [6, 6.07) is 14.4. The molecule has 2 saturated heterocycles. The van der Waals surface area contributed by atoms with Gasteiger partial charge in [-0.05, 0) is 67.1 Å². The van der Waals surface area contributed by atoms with Gasteiger partial charge in [-0.3, -0.25) is 4.79 Å². The van der Waals surface area contributed by atoms with E-state index in [0.29, 0.717) is 43.6 Å². The highest BCUT2D eigenvalue weighted by Crippen LogP contribution is 2.30. The predicted molar refractivity (Wildman–Crippen MR) is 120 cm³/mol. The van der Waals surface area contributed by atoms with Gasteiger partial charge in [-0.25, -0.2) is 8.42 Å². The van der Waals surface area contributed by atoms with Gasteiger partial charge in [0.15, 0.2) is 0 Å². The van der Waals surface area contributed by atoms with E-state index >= 15 is 0 Å². The molecule has 2 aliphatic heterocycles. The summed E-state index contributed by atoms with van der Waals surface area (Å²) in [7, 11) is -1.85. The Morgan fingerprint density at radius 3 is 2.19 bits per heavy atom. The highest BCUT2D eigenvalue weighted by atomic mass is 32.2. The number of hydrogen-bond acceptors (Lipinski definition) is 4.